The van der Waals surface area contributed by atoms with E-state index in [1.54, 1.807) is 4.90 Å². The van der Waals surface area contributed by atoms with Crippen LogP contribution in [0.1, 0.15) is 39.7 Å². The van der Waals surface area contributed by atoms with E-state index in [0.29, 0.717) is 30.9 Å². The van der Waals surface area contributed by atoms with E-state index in [9.17, 15) is 4.79 Å². The maximum Gasteiger partial charge on any atom is 0.410 e. The summed E-state index contributed by atoms with van der Waals surface area (Å²) in [6.07, 6.45) is 9.06. The lowest BCUT2D eigenvalue weighted by molar-refractivity contribution is 0.0240. The predicted molar refractivity (Wildman–Crippen MR) is 149 cm³/mol. The first kappa shape index (κ1) is 25.3. The van der Waals surface area contributed by atoms with Crippen molar-refractivity contribution >= 4 is 45.5 Å². The fourth-order valence-electron chi connectivity index (χ4n) is 5.27. The van der Waals surface area contributed by atoms with Gasteiger partial charge in [0.1, 0.15) is 17.1 Å². The number of nitrogens with one attached hydrogen (secondary N) is 1. The summed E-state index contributed by atoms with van der Waals surface area (Å²) in [5, 5.41) is 5.39. The van der Waals surface area contributed by atoms with Gasteiger partial charge in [0.05, 0.1) is 23.6 Å². The minimum absolute atomic E-state index is 0.260. The molecule has 204 valence electrons. The molecule has 0 saturated carbocycles. The number of aromatic nitrogens is 5. The summed E-state index contributed by atoms with van der Waals surface area (Å²) >= 11 is 0. The Bertz CT molecular complexity index is 1470. The van der Waals surface area contributed by atoms with Crippen molar-refractivity contribution in [2.75, 3.05) is 49.6 Å². The molecule has 39 heavy (non-hydrogen) atoms. The van der Waals surface area contributed by atoms with Gasteiger partial charge in [-0.05, 0) is 51.8 Å². The fraction of sp³-hybridized carbons (Fsp3) is 0.464. The first-order chi connectivity index (χ1) is 18.9. The number of piperazine rings is 1. The van der Waals surface area contributed by atoms with Crippen LogP contribution in [0.25, 0.3) is 21.9 Å². The van der Waals surface area contributed by atoms with E-state index in [4.69, 9.17) is 14.5 Å². The average molecular weight is 531 g/mol. The quantitative estimate of drug-likeness (QED) is 0.407. The number of hydrogen-bond acceptors (Lipinski definition) is 9. The van der Waals surface area contributed by atoms with Crippen molar-refractivity contribution in [2.45, 2.75) is 45.3 Å². The van der Waals surface area contributed by atoms with Gasteiger partial charge in [-0.15, -0.1) is 0 Å². The van der Waals surface area contributed by atoms with Crippen LogP contribution in [0.15, 0.2) is 43.0 Å². The molecular formula is C28H34N8O3. The van der Waals surface area contributed by atoms with Crippen LogP contribution in [-0.4, -0.2) is 80.5 Å². The lowest BCUT2D eigenvalue weighted by atomic mass is 10.1. The molecule has 2 fully saturated rings. The predicted octanol–water partition coefficient (Wildman–Crippen LogP) is 4.53. The smallest absolute Gasteiger partial charge is 0.410 e. The van der Waals surface area contributed by atoms with Crippen LogP contribution >= 0.6 is 0 Å². The van der Waals surface area contributed by atoms with E-state index in [1.165, 1.54) is 0 Å². The third-order valence-corrected chi connectivity index (χ3v) is 7.19. The highest BCUT2D eigenvalue weighted by molar-refractivity contribution is 6.06. The summed E-state index contributed by atoms with van der Waals surface area (Å²) in [6.45, 7) is 9.80. The number of ether oxygens (including phenoxy) is 2. The zero-order chi connectivity index (χ0) is 27.0. The molecule has 11 heteroatoms. The molecule has 0 unspecified atom stereocenters. The van der Waals surface area contributed by atoms with E-state index in [-0.39, 0.29) is 6.09 Å². The molecule has 11 nitrogen and oxygen atoms in total. The maximum absolute atomic E-state index is 12.4. The Balaban J connectivity index is 1.17. The van der Waals surface area contributed by atoms with Crippen molar-refractivity contribution in [3.05, 3.63) is 43.0 Å². The Hall–Kier alpha value is -3.99. The van der Waals surface area contributed by atoms with Gasteiger partial charge >= 0.3 is 6.09 Å². The molecule has 2 aliphatic heterocycles. The molecule has 0 bridgehead atoms. The lowest BCUT2D eigenvalue weighted by Gasteiger charge is -2.36. The minimum atomic E-state index is -0.492. The van der Waals surface area contributed by atoms with Gasteiger partial charge in [0.15, 0.2) is 0 Å². The second-order valence-corrected chi connectivity index (χ2v) is 11.0. The molecule has 0 aromatic carbocycles. The molecule has 6 rings (SSSR count). The SMILES string of the molecule is CC(C)(C)OC(=O)N1CCN(c2ccc(Nc3ncc4c5ccncc5n(C5CCOCC5)c4n3)nc2)CC1. The Morgan fingerprint density at radius 1 is 1.00 bits per heavy atom. The van der Waals surface area contributed by atoms with Crippen LogP contribution in [0, 0.1) is 0 Å². The topological polar surface area (TPSA) is 111 Å². The molecule has 0 atom stereocenters. The number of anilines is 3. The number of fused-ring (bicyclic) bond motifs is 3. The van der Waals surface area contributed by atoms with Gasteiger partial charge in [0, 0.05) is 68.6 Å². The molecule has 4 aromatic rings. The Labute approximate surface area is 227 Å². The molecule has 2 aliphatic rings. The van der Waals surface area contributed by atoms with Crippen molar-refractivity contribution in [2.24, 2.45) is 0 Å². The molecule has 4 aromatic heterocycles. The van der Waals surface area contributed by atoms with Gasteiger partial charge in [0.2, 0.25) is 5.95 Å². The summed E-state index contributed by atoms with van der Waals surface area (Å²) < 4.78 is 13.4. The van der Waals surface area contributed by atoms with Gasteiger partial charge < -0.3 is 29.2 Å². The molecule has 6 heterocycles. The molecular weight excluding hydrogens is 496 g/mol. The first-order valence-corrected chi connectivity index (χ1v) is 13.5. The van der Waals surface area contributed by atoms with Crippen LogP contribution in [0.3, 0.4) is 0 Å². The Morgan fingerprint density at radius 3 is 2.51 bits per heavy atom. The van der Waals surface area contributed by atoms with Crippen molar-refractivity contribution in [1.82, 2.24) is 29.4 Å². The summed E-state index contributed by atoms with van der Waals surface area (Å²) in [4.78, 5) is 34.8. The second kappa shape index (κ2) is 10.3. The Morgan fingerprint density at radius 2 is 1.79 bits per heavy atom. The zero-order valence-electron chi connectivity index (χ0n) is 22.6. The largest absolute Gasteiger partial charge is 0.444 e. The fourth-order valence-corrected chi connectivity index (χ4v) is 5.27. The molecule has 1 N–H and O–H groups in total. The number of carbonyl (C=O) groups excluding carboxylic acids is 1. The number of nitrogens with zero attached hydrogens (tertiary/aromatic N) is 7. The van der Waals surface area contributed by atoms with Crippen LogP contribution in [0.5, 0.6) is 0 Å². The maximum atomic E-state index is 12.4. The molecule has 1 amide bonds. The summed E-state index contributed by atoms with van der Waals surface area (Å²) in [7, 11) is 0. The Kier molecular flexibility index (Phi) is 6.68. The zero-order valence-corrected chi connectivity index (χ0v) is 22.6. The van der Waals surface area contributed by atoms with Crippen molar-refractivity contribution in [3.8, 4) is 0 Å². The summed E-state index contributed by atoms with van der Waals surface area (Å²) in [5.41, 5.74) is 2.48. The van der Waals surface area contributed by atoms with Crippen LogP contribution in [-0.2, 0) is 9.47 Å². The number of pyridine rings is 2. The van der Waals surface area contributed by atoms with Gasteiger partial charge in [-0.25, -0.2) is 14.8 Å². The van der Waals surface area contributed by atoms with E-state index >= 15 is 0 Å². The van der Waals surface area contributed by atoms with Gasteiger partial charge in [-0.2, -0.15) is 4.98 Å². The van der Waals surface area contributed by atoms with E-state index < -0.39 is 5.60 Å². The number of carbonyl (C=O) groups is 1. The molecule has 0 spiro atoms. The number of hydrogen-bond donors (Lipinski definition) is 1. The van der Waals surface area contributed by atoms with E-state index in [0.717, 1.165) is 66.8 Å². The van der Waals surface area contributed by atoms with Crippen molar-refractivity contribution < 1.29 is 14.3 Å². The third-order valence-electron chi connectivity index (χ3n) is 7.19. The minimum Gasteiger partial charge on any atom is -0.444 e. The highest BCUT2D eigenvalue weighted by atomic mass is 16.6. The first-order valence-electron chi connectivity index (χ1n) is 13.5. The lowest BCUT2D eigenvalue weighted by Crippen LogP contribution is -2.50. The average Bonchev–Trinajstić information content (AvgIpc) is 3.27. The normalized spacial score (nSPS) is 17.1. The third kappa shape index (κ3) is 5.31. The molecule has 2 saturated heterocycles. The van der Waals surface area contributed by atoms with Crippen LogP contribution in [0.2, 0.25) is 0 Å². The van der Waals surface area contributed by atoms with Crippen molar-refractivity contribution in [3.63, 3.8) is 0 Å². The van der Waals surface area contributed by atoms with E-state index in [1.807, 2.05) is 63.8 Å². The molecule has 0 aliphatic carbocycles. The van der Waals surface area contributed by atoms with Gasteiger partial charge in [0.25, 0.3) is 0 Å². The second-order valence-electron chi connectivity index (χ2n) is 11.0. The number of amides is 1. The van der Waals surface area contributed by atoms with Gasteiger partial charge in [-0.3, -0.25) is 4.98 Å². The summed E-state index contributed by atoms with van der Waals surface area (Å²) in [5.74, 6) is 1.17. The highest BCUT2D eigenvalue weighted by Gasteiger charge is 2.26. The standard InChI is InChI=1S/C28H34N8O3/c1-28(2,3)39-27(37)35-12-10-34(11-13-35)20-4-5-24(30-16-20)32-26-31-17-22-21-6-9-29-18-23(21)36(25(22)33-26)19-7-14-38-15-8-19/h4-6,9,16-19H,7-8,10-15H2,1-3H3,(H,30,31,32,33). The molecule has 0 radical (unpaired) electrons. The van der Waals surface area contributed by atoms with Crippen molar-refractivity contribution in [1.29, 1.82) is 0 Å². The van der Waals surface area contributed by atoms with Crippen LogP contribution in [0.4, 0.5) is 22.2 Å². The van der Waals surface area contributed by atoms with Gasteiger partial charge in [-0.1, -0.05) is 0 Å². The number of rotatable bonds is 4. The summed E-state index contributed by atoms with van der Waals surface area (Å²) in [6, 6.07) is 6.29. The van der Waals surface area contributed by atoms with E-state index in [2.05, 4.69) is 29.7 Å². The van der Waals surface area contributed by atoms with Crippen LogP contribution < -0.4 is 10.2 Å². The highest BCUT2D eigenvalue weighted by Crippen LogP contribution is 2.34. The monoisotopic (exact) mass is 530 g/mol.